The lowest BCUT2D eigenvalue weighted by Gasteiger charge is -2.31. The van der Waals surface area contributed by atoms with Crippen molar-refractivity contribution in [3.05, 3.63) is 23.3 Å². The van der Waals surface area contributed by atoms with Crippen molar-refractivity contribution >= 4 is 5.91 Å². The first kappa shape index (κ1) is 16.4. The maximum absolute atomic E-state index is 12.4. The molecule has 1 fully saturated rings. The van der Waals surface area contributed by atoms with Crippen LogP contribution in [0.5, 0.6) is 0 Å². The number of piperidine rings is 1. The van der Waals surface area contributed by atoms with Crippen molar-refractivity contribution < 1.29 is 4.79 Å². The summed E-state index contributed by atoms with van der Waals surface area (Å²) in [6.07, 6.45) is 6.97. The summed E-state index contributed by atoms with van der Waals surface area (Å²) in [5.41, 5.74) is 2.27. The quantitative estimate of drug-likeness (QED) is 0.911. The number of rotatable bonds is 2. The molecule has 1 saturated heterocycles. The lowest BCUT2D eigenvalue weighted by Crippen LogP contribution is -2.38. The van der Waals surface area contributed by atoms with Crippen LogP contribution in [0.25, 0.3) is 0 Å². The number of nitrogens with one attached hydrogen (secondary N) is 1. The van der Waals surface area contributed by atoms with Crippen molar-refractivity contribution in [2.24, 2.45) is 5.41 Å². The van der Waals surface area contributed by atoms with Crippen molar-refractivity contribution in [2.75, 3.05) is 13.1 Å². The van der Waals surface area contributed by atoms with E-state index < -0.39 is 0 Å². The Hall–Kier alpha value is -1.49. The van der Waals surface area contributed by atoms with Gasteiger partial charge in [0.1, 0.15) is 5.82 Å². The highest BCUT2D eigenvalue weighted by atomic mass is 16.2. The van der Waals surface area contributed by atoms with Gasteiger partial charge in [-0.1, -0.05) is 27.2 Å². The van der Waals surface area contributed by atoms with Gasteiger partial charge in [0.05, 0.1) is 11.7 Å². The Balaban J connectivity index is 1.69. The molecule has 1 aromatic heterocycles. The van der Waals surface area contributed by atoms with E-state index >= 15 is 0 Å². The van der Waals surface area contributed by atoms with Crippen LogP contribution in [0.4, 0.5) is 0 Å². The summed E-state index contributed by atoms with van der Waals surface area (Å²) in [7, 11) is 0. The fraction of sp³-hybridized carbons (Fsp3) is 0.722. The van der Waals surface area contributed by atoms with Crippen LogP contribution >= 0.6 is 0 Å². The molecule has 5 nitrogen and oxygen atoms in total. The van der Waals surface area contributed by atoms with Gasteiger partial charge in [0.15, 0.2) is 0 Å². The molecule has 0 spiro atoms. The molecule has 23 heavy (non-hydrogen) atoms. The fourth-order valence-electron chi connectivity index (χ4n) is 3.35. The summed E-state index contributed by atoms with van der Waals surface area (Å²) in [6.45, 7) is 8.80. The molecule has 0 aromatic carbocycles. The molecule has 5 heteroatoms. The van der Waals surface area contributed by atoms with E-state index in [2.05, 4.69) is 31.1 Å². The zero-order valence-electron chi connectivity index (χ0n) is 14.6. The second kappa shape index (κ2) is 6.56. The van der Waals surface area contributed by atoms with Gasteiger partial charge in [-0.15, -0.1) is 0 Å². The van der Waals surface area contributed by atoms with Crippen LogP contribution in [0.15, 0.2) is 6.20 Å². The first-order chi connectivity index (χ1) is 10.9. The van der Waals surface area contributed by atoms with Gasteiger partial charge in [0.25, 0.3) is 0 Å². The minimum Gasteiger partial charge on any atom is -0.338 e. The molecular formula is C18H28N4O. The molecule has 0 saturated carbocycles. The number of aromatic nitrogens is 2. The van der Waals surface area contributed by atoms with E-state index in [0.29, 0.717) is 19.0 Å². The highest BCUT2D eigenvalue weighted by Crippen LogP contribution is 2.25. The van der Waals surface area contributed by atoms with Gasteiger partial charge in [-0.05, 0) is 24.8 Å². The Labute approximate surface area is 138 Å². The third-order valence-electron chi connectivity index (χ3n) is 4.61. The zero-order valence-corrected chi connectivity index (χ0v) is 14.6. The average molecular weight is 316 g/mol. The lowest BCUT2D eigenvalue weighted by atomic mass is 9.91. The third-order valence-corrected chi connectivity index (χ3v) is 4.61. The van der Waals surface area contributed by atoms with Crippen LogP contribution in [-0.2, 0) is 17.8 Å². The van der Waals surface area contributed by atoms with Gasteiger partial charge in [0.2, 0.25) is 5.91 Å². The third kappa shape index (κ3) is 4.08. The van der Waals surface area contributed by atoms with Crippen molar-refractivity contribution in [2.45, 2.75) is 65.5 Å². The maximum atomic E-state index is 12.4. The lowest BCUT2D eigenvalue weighted by molar-refractivity contribution is -0.134. The van der Waals surface area contributed by atoms with Crippen molar-refractivity contribution in [1.82, 2.24) is 20.2 Å². The Morgan fingerprint density at radius 1 is 1.39 bits per heavy atom. The molecule has 3 rings (SSSR count). The Bertz CT molecular complexity index is 573. The number of hydrogen-bond donors (Lipinski definition) is 1. The number of fused-ring (bicyclic) bond motifs is 1. The normalized spacial score (nSPS) is 21.9. The molecule has 0 radical (unpaired) electrons. The molecular weight excluding hydrogens is 288 g/mol. The predicted molar refractivity (Wildman–Crippen MR) is 89.8 cm³/mol. The number of nitrogens with zero attached hydrogens (tertiary/aromatic N) is 3. The summed E-state index contributed by atoms with van der Waals surface area (Å²) in [4.78, 5) is 23.7. The van der Waals surface area contributed by atoms with E-state index in [9.17, 15) is 4.79 Å². The van der Waals surface area contributed by atoms with E-state index in [1.165, 1.54) is 12.8 Å². The van der Waals surface area contributed by atoms with Crippen LogP contribution in [0.1, 0.15) is 69.6 Å². The van der Waals surface area contributed by atoms with Crippen molar-refractivity contribution in [3.63, 3.8) is 0 Å². The van der Waals surface area contributed by atoms with Gasteiger partial charge in [-0.3, -0.25) is 4.79 Å². The predicted octanol–water partition coefficient (Wildman–Crippen LogP) is 2.61. The standard InChI is InChI=1S/C18H28N4O/c1-18(2,3)10-16(23)22-9-7-14-13(12-22)11-20-17(21-14)15-6-4-5-8-19-15/h11,15,19H,4-10,12H2,1-3H3. The van der Waals surface area contributed by atoms with Crippen LogP contribution in [0.2, 0.25) is 0 Å². The van der Waals surface area contributed by atoms with Crippen LogP contribution in [0.3, 0.4) is 0 Å². The second-order valence-corrected chi connectivity index (χ2v) is 8.01. The number of amides is 1. The molecule has 0 bridgehead atoms. The maximum Gasteiger partial charge on any atom is 0.223 e. The zero-order chi connectivity index (χ0) is 16.4. The van der Waals surface area contributed by atoms with E-state index in [-0.39, 0.29) is 11.3 Å². The molecule has 1 unspecified atom stereocenters. The summed E-state index contributed by atoms with van der Waals surface area (Å²) in [5, 5.41) is 3.51. The first-order valence-corrected chi connectivity index (χ1v) is 8.78. The summed E-state index contributed by atoms with van der Waals surface area (Å²) in [5.74, 6) is 1.17. The van der Waals surface area contributed by atoms with Gasteiger partial charge in [-0.2, -0.15) is 0 Å². The molecule has 1 amide bonds. The summed E-state index contributed by atoms with van der Waals surface area (Å²) < 4.78 is 0. The summed E-state index contributed by atoms with van der Waals surface area (Å²) >= 11 is 0. The monoisotopic (exact) mass is 316 g/mol. The molecule has 3 heterocycles. The van der Waals surface area contributed by atoms with Crippen LogP contribution in [-0.4, -0.2) is 33.9 Å². The molecule has 0 aliphatic carbocycles. The number of hydrogen-bond acceptors (Lipinski definition) is 4. The number of carbonyl (C=O) groups is 1. The number of carbonyl (C=O) groups excluding carboxylic acids is 1. The highest BCUT2D eigenvalue weighted by molar-refractivity contribution is 5.77. The van der Waals surface area contributed by atoms with Crippen LogP contribution < -0.4 is 5.32 Å². The van der Waals surface area contributed by atoms with E-state index in [1.54, 1.807) is 0 Å². The molecule has 2 aliphatic rings. The minimum absolute atomic E-state index is 0.0321. The highest BCUT2D eigenvalue weighted by Gasteiger charge is 2.26. The largest absolute Gasteiger partial charge is 0.338 e. The SMILES string of the molecule is CC(C)(C)CC(=O)N1CCc2nc(C3CCCCN3)ncc2C1. The van der Waals surface area contributed by atoms with Crippen LogP contribution in [0, 0.1) is 5.41 Å². The van der Waals surface area contributed by atoms with Gasteiger partial charge < -0.3 is 10.2 Å². The smallest absolute Gasteiger partial charge is 0.223 e. The first-order valence-electron chi connectivity index (χ1n) is 8.78. The van der Waals surface area contributed by atoms with Gasteiger partial charge >= 0.3 is 0 Å². The Morgan fingerprint density at radius 3 is 2.91 bits per heavy atom. The van der Waals surface area contributed by atoms with Gasteiger partial charge in [0, 0.05) is 37.7 Å². The van der Waals surface area contributed by atoms with E-state index in [0.717, 1.165) is 43.0 Å². The Kier molecular flexibility index (Phi) is 4.67. The second-order valence-electron chi connectivity index (χ2n) is 8.01. The molecule has 1 atom stereocenters. The van der Waals surface area contributed by atoms with E-state index in [4.69, 9.17) is 4.98 Å². The van der Waals surface area contributed by atoms with Gasteiger partial charge in [-0.25, -0.2) is 9.97 Å². The Morgan fingerprint density at radius 2 is 2.22 bits per heavy atom. The van der Waals surface area contributed by atoms with Crippen molar-refractivity contribution in [3.8, 4) is 0 Å². The van der Waals surface area contributed by atoms with E-state index in [1.807, 2.05) is 11.1 Å². The average Bonchev–Trinajstić information content (AvgIpc) is 2.53. The summed E-state index contributed by atoms with van der Waals surface area (Å²) in [6, 6.07) is 0.301. The fourth-order valence-corrected chi connectivity index (χ4v) is 3.35. The van der Waals surface area contributed by atoms with Crippen molar-refractivity contribution in [1.29, 1.82) is 0 Å². The molecule has 1 N–H and O–H groups in total. The topological polar surface area (TPSA) is 58.1 Å². The minimum atomic E-state index is 0.0321. The molecule has 1 aromatic rings. The molecule has 126 valence electrons. The molecule has 2 aliphatic heterocycles.